The average Bonchev–Trinajstić information content (AvgIpc) is 3.38. The summed E-state index contributed by atoms with van der Waals surface area (Å²) in [7, 11) is 3.71. The normalized spacial score (nSPS) is 19.4. The lowest BCUT2D eigenvalue weighted by Crippen LogP contribution is -3.11. The fourth-order valence-corrected chi connectivity index (χ4v) is 4.69. The van der Waals surface area contributed by atoms with Crippen molar-refractivity contribution in [1.29, 1.82) is 0 Å². The number of anilines is 1. The molecule has 2 N–H and O–H groups in total. The lowest BCUT2D eigenvalue weighted by atomic mass is 10.0. The maximum atomic E-state index is 13.7. The van der Waals surface area contributed by atoms with Crippen molar-refractivity contribution in [2.75, 3.05) is 19.0 Å². The molecule has 5 nitrogen and oxygen atoms in total. The number of rotatable bonds is 6. The number of ether oxygens (including phenoxy) is 1. The highest BCUT2D eigenvalue weighted by Crippen LogP contribution is 2.28. The summed E-state index contributed by atoms with van der Waals surface area (Å²) in [6.45, 7) is 2.98. The number of nitrogens with one attached hydrogen (secondary N) is 2. The van der Waals surface area contributed by atoms with Crippen LogP contribution in [0, 0.1) is 6.92 Å². The number of benzene rings is 2. The van der Waals surface area contributed by atoms with Gasteiger partial charge in [-0.15, -0.1) is 0 Å². The van der Waals surface area contributed by atoms with E-state index in [0.717, 1.165) is 36.2 Å². The third-order valence-electron chi connectivity index (χ3n) is 6.13. The van der Waals surface area contributed by atoms with Gasteiger partial charge in [-0.3, -0.25) is 4.79 Å². The summed E-state index contributed by atoms with van der Waals surface area (Å²) >= 11 is 0. The fraction of sp³-hybridized carbons (Fsp3) is 0.320. The van der Waals surface area contributed by atoms with E-state index in [4.69, 9.17) is 4.74 Å². The van der Waals surface area contributed by atoms with Crippen molar-refractivity contribution < 1.29 is 14.4 Å². The zero-order chi connectivity index (χ0) is 21.1. The molecule has 1 unspecified atom stereocenters. The Bertz CT molecular complexity index is 1010. The highest BCUT2D eigenvalue weighted by Gasteiger charge is 2.41. The van der Waals surface area contributed by atoms with Crippen LogP contribution in [0.25, 0.3) is 0 Å². The summed E-state index contributed by atoms with van der Waals surface area (Å²) in [4.78, 5) is 15.0. The van der Waals surface area contributed by atoms with E-state index in [1.54, 1.807) is 7.11 Å². The summed E-state index contributed by atoms with van der Waals surface area (Å²) in [6, 6.07) is 20.3. The van der Waals surface area contributed by atoms with Gasteiger partial charge in [0, 0.05) is 31.6 Å². The van der Waals surface area contributed by atoms with E-state index in [1.165, 1.54) is 10.6 Å². The van der Waals surface area contributed by atoms with Crippen molar-refractivity contribution in [3.05, 3.63) is 83.7 Å². The fourth-order valence-electron chi connectivity index (χ4n) is 4.69. The maximum Gasteiger partial charge on any atom is 0.287 e. The number of aromatic nitrogens is 1. The number of likely N-dealkylation sites (tertiary alicyclic amines) is 1. The van der Waals surface area contributed by atoms with Gasteiger partial charge in [-0.05, 0) is 36.8 Å². The van der Waals surface area contributed by atoms with E-state index in [1.807, 2.05) is 43.3 Å². The molecule has 0 saturated carbocycles. The number of quaternary nitrogens is 1. The van der Waals surface area contributed by atoms with Gasteiger partial charge in [0.05, 0.1) is 25.0 Å². The first kappa shape index (κ1) is 20.2. The minimum Gasteiger partial charge on any atom is -0.495 e. The first-order chi connectivity index (χ1) is 14.6. The minimum absolute atomic E-state index is 0.00112. The lowest BCUT2D eigenvalue weighted by Gasteiger charge is -2.30. The Balaban J connectivity index is 1.70. The van der Waals surface area contributed by atoms with E-state index in [9.17, 15) is 4.79 Å². The molecular weight excluding hydrogens is 374 g/mol. The summed E-state index contributed by atoms with van der Waals surface area (Å²) in [5.74, 6) is 0.678. The van der Waals surface area contributed by atoms with Gasteiger partial charge in [-0.25, -0.2) is 0 Å². The molecule has 30 heavy (non-hydrogen) atoms. The molecule has 5 heteroatoms. The molecule has 1 saturated heterocycles. The number of methoxy groups -OCH3 is 1. The number of amides is 1. The van der Waals surface area contributed by atoms with Crippen molar-refractivity contribution in [3.8, 4) is 5.75 Å². The predicted octanol–water partition coefficient (Wildman–Crippen LogP) is 3.44. The first-order valence-electron chi connectivity index (χ1n) is 10.6. The zero-order valence-corrected chi connectivity index (χ0v) is 17.9. The molecule has 1 aromatic heterocycles. The largest absolute Gasteiger partial charge is 0.495 e. The number of carbonyl (C=O) groups excluding carboxylic acids is 1. The molecule has 3 aromatic rings. The van der Waals surface area contributed by atoms with Crippen LogP contribution in [-0.2, 0) is 11.8 Å². The Labute approximate surface area is 178 Å². The van der Waals surface area contributed by atoms with Gasteiger partial charge < -0.3 is 19.5 Å². The third-order valence-corrected chi connectivity index (χ3v) is 6.13. The van der Waals surface area contributed by atoms with Gasteiger partial charge in [0.25, 0.3) is 5.91 Å². The molecule has 0 radical (unpaired) electrons. The molecule has 4 rings (SSSR count). The summed E-state index contributed by atoms with van der Waals surface area (Å²) < 4.78 is 7.66. The molecule has 3 atom stereocenters. The van der Waals surface area contributed by atoms with Crippen LogP contribution in [-0.4, -0.2) is 24.1 Å². The van der Waals surface area contributed by atoms with Crippen molar-refractivity contribution in [3.63, 3.8) is 0 Å². The van der Waals surface area contributed by atoms with Crippen LogP contribution < -0.4 is 15.0 Å². The minimum atomic E-state index is -0.293. The quantitative estimate of drug-likeness (QED) is 0.661. The molecule has 1 aliphatic rings. The van der Waals surface area contributed by atoms with E-state index in [2.05, 4.69) is 47.4 Å². The summed E-state index contributed by atoms with van der Waals surface area (Å²) in [5.41, 5.74) is 4.12. The smallest absolute Gasteiger partial charge is 0.287 e. The van der Waals surface area contributed by atoms with Crippen molar-refractivity contribution >= 4 is 11.6 Å². The Morgan fingerprint density at radius 3 is 2.67 bits per heavy atom. The Kier molecular flexibility index (Phi) is 5.91. The average molecular weight is 405 g/mol. The topological polar surface area (TPSA) is 47.7 Å². The molecule has 1 amide bonds. The molecule has 2 aromatic carbocycles. The van der Waals surface area contributed by atoms with Crippen LogP contribution in [0.1, 0.15) is 41.7 Å². The van der Waals surface area contributed by atoms with E-state index < -0.39 is 0 Å². The second-order valence-electron chi connectivity index (χ2n) is 8.10. The monoisotopic (exact) mass is 404 g/mol. The number of aryl methyl sites for hydroxylation is 2. The highest BCUT2D eigenvalue weighted by atomic mass is 16.5. The predicted molar refractivity (Wildman–Crippen MR) is 119 cm³/mol. The molecule has 0 aliphatic carbocycles. The number of carbonyl (C=O) groups is 1. The number of hydrogen-bond acceptors (Lipinski definition) is 2. The second-order valence-corrected chi connectivity index (χ2v) is 8.10. The van der Waals surface area contributed by atoms with E-state index in [0.29, 0.717) is 11.8 Å². The van der Waals surface area contributed by atoms with Gasteiger partial charge in [0.1, 0.15) is 11.8 Å². The number of nitrogens with zero attached hydrogens (tertiary/aromatic N) is 1. The lowest BCUT2D eigenvalue weighted by molar-refractivity contribution is -0.940. The first-order valence-corrected chi connectivity index (χ1v) is 10.6. The van der Waals surface area contributed by atoms with E-state index >= 15 is 0 Å². The van der Waals surface area contributed by atoms with Gasteiger partial charge in [0.15, 0.2) is 6.04 Å². The highest BCUT2D eigenvalue weighted by molar-refractivity contribution is 5.96. The van der Waals surface area contributed by atoms with Gasteiger partial charge in [-0.2, -0.15) is 0 Å². The standard InChI is InChI=1S/C25H29N3O2/c1-18-13-14-23(30-3)20(17-18)26-25(29)24(19-9-5-4-6-10-19)28-16-8-12-22(28)21-11-7-15-27(21)2/h4-7,9-11,13-15,17,22,24H,8,12,16H2,1-3H3,(H,26,29)/p+1/t22-,24+/m1/s1. The van der Waals surface area contributed by atoms with Gasteiger partial charge >= 0.3 is 0 Å². The van der Waals surface area contributed by atoms with Crippen LogP contribution in [0.4, 0.5) is 5.69 Å². The van der Waals surface area contributed by atoms with Crippen LogP contribution in [0.15, 0.2) is 66.9 Å². The summed E-state index contributed by atoms with van der Waals surface area (Å²) in [6.07, 6.45) is 4.27. The van der Waals surface area contributed by atoms with Crippen LogP contribution in [0.3, 0.4) is 0 Å². The Morgan fingerprint density at radius 2 is 1.97 bits per heavy atom. The van der Waals surface area contributed by atoms with Crippen molar-refractivity contribution in [2.45, 2.75) is 31.8 Å². The number of hydrogen-bond donors (Lipinski definition) is 2. The molecular formula is C25H30N3O2+. The maximum absolute atomic E-state index is 13.7. The molecule has 1 aliphatic heterocycles. The molecule has 2 heterocycles. The zero-order valence-electron chi connectivity index (χ0n) is 17.9. The third kappa shape index (κ3) is 3.98. The van der Waals surface area contributed by atoms with Crippen LogP contribution >= 0.6 is 0 Å². The van der Waals surface area contributed by atoms with Gasteiger partial charge in [0.2, 0.25) is 0 Å². The van der Waals surface area contributed by atoms with Crippen LogP contribution in [0.5, 0.6) is 5.75 Å². The molecule has 0 spiro atoms. The molecule has 1 fully saturated rings. The SMILES string of the molecule is COc1ccc(C)cc1NC(=O)[C@H](c1ccccc1)[NH+]1CCC[C@@H]1c1cccn1C. The van der Waals surface area contributed by atoms with Crippen molar-refractivity contribution in [1.82, 2.24) is 4.57 Å². The van der Waals surface area contributed by atoms with E-state index in [-0.39, 0.29) is 11.9 Å². The van der Waals surface area contributed by atoms with Crippen LogP contribution in [0.2, 0.25) is 0 Å². The Morgan fingerprint density at radius 1 is 1.17 bits per heavy atom. The van der Waals surface area contributed by atoms with Gasteiger partial charge in [-0.1, -0.05) is 36.4 Å². The Hall–Kier alpha value is -3.05. The molecule has 156 valence electrons. The van der Waals surface area contributed by atoms with Crippen molar-refractivity contribution in [2.24, 2.45) is 7.05 Å². The second kappa shape index (κ2) is 8.76. The summed E-state index contributed by atoms with van der Waals surface area (Å²) in [5, 5.41) is 3.17. The molecule has 0 bridgehead atoms.